The molecule has 0 aromatic rings. The average molecular weight is 226 g/mol. The molecular weight excluding hydrogens is 200 g/mol. The van der Waals surface area contributed by atoms with Crippen LogP contribution >= 0.6 is 0 Å². The number of hydrogen-bond donors (Lipinski definition) is 0. The SMILES string of the molecule is CC(C)N1CCC(N2C[C@@H](C)O[C@@H](C)C2)C1. The standard InChI is InChI=1S/C13H26N2O/c1-10(2)14-6-5-13(9-14)15-7-11(3)16-12(4)8-15/h10-13H,5-9H2,1-4H3/t11-,12+,13?. The predicted molar refractivity (Wildman–Crippen MR) is 66.7 cm³/mol. The van der Waals surface area contributed by atoms with Gasteiger partial charge in [0.25, 0.3) is 0 Å². The summed E-state index contributed by atoms with van der Waals surface area (Å²) in [6.07, 6.45) is 2.13. The van der Waals surface area contributed by atoms with Crippen LogP contribution in [0.3, 0.4) is 0 Å². The van der Waals surface area contributed by atoms with Gasteiger partial charge in [0, 0.05) is 38.3 Å². The van der Waals surface area contributed by atoms with Gasteiger partial charge in [0.1, 0.15) is 0 Å². The quantitative estimate of drug-likeness (QED) is 0.711. The summed E-state index contributed by atoms with van der Waals surface area (Å²) < 4.78 is 5.79. The van der Waals surface area contributed by atoms with E-state index in [2.05, 4.69) is 37.5 Å². The van der Waals surface area contributed by atoms with Crippen molar-refractivity contribution in [3.8, 4) is 0 Å². The molecule has 0 aliphatic carbocycles. The Balaban J connectivity index is 1.88. The maximum atomic E-state index is 5.79. The van der Waals surface area contributed by atoms with E-state index in [1.807, 2.05) is 0 Å². The third-order valence-corrected chi connectivity index (χ3v) is 3.89. The van der Waals surface area contributed by atoms with Gasteiger partial charge in [-0.3, -0.25) is 9.80 Å². The van der Waals surface area contributed by atoms with Crippen LogP contribution < -0.4 is 0 Å². The zero-order valence-electron chi connectivity index (χ0n) is 11.1. The minimum absolute atomic E-state index is 0.400. The molecule has 16 heavy (non-hydrogen) atoms. The predicted octanol–water partition coefficient (Wildman–Crippen LogP) is 1.58. The molecule has 0 spiro atoms. The van der Waals surface area contributed by atoms with Gasteiger partial charge < -0.3 is 4.74 Å². The van der Waals surface area contributed by atoms with E-state index in [9.17, 15) is 0 Å². The van der Waals surface area contributed by atoms with E-state index in [0.717, 1.165) is 19.1 Å². The van der Waals surface area contributed by atoms with Crippen molar-refractivity contribution in [2.45, 2.75) is 58.4 Å². The number of ether oxygens (including phenoxy) is 1. The van der Waals surface area contributed by atoms with Gasteiger partial charge in [-0.2, -0.15) is 0 Å². The van der Waals surface area contributed by atoms with Crippen LogP contribution in [0.25, 0.3) is 0 Å². The fourth-order valence-electron chi connectivity index (χ4n) is 3.05. The lowest BCUT2D eigenvalue weighted by molar-refractivity contribution is -0.0791. The Hall–Kier alpha value is -0.120. The van der Waals surface area contributed by atoms with E-state index >= 15 is 0 Å². The molecule has 2 saturated heterocycles. The summed E-state index contributed by atoms with van der Waals surface area (Å²) >= 11 is 0. The molecule has 3 nitrogen and oxygen atoms in total. The Bertz CT molecular complexity index is 222. The molecule has 94 valence electrons. The van der Waals surface area contributed by atoms with E-state index in [0.29, 0.717) is 18.2 Å². The number of rotatable bonds is 2. The lowest BCUT2D eigenvalue weighted by Crippen LogP contribution is -2.51. The highest BCUT2D eigenvalue weighted by molar-refractivity contribution is 4.88. The van der Waals surface area contributed by atoms with Gasteiger partial charge in [-0.1, -0.05) is 0 Å². The van der Waals surface area contributed by atoms with E-state index in [1.54, 1.807) is 0 Å². The molecule has 0 aromatic heterocycles. The van der Waals surface area contributed by atoms with E-state index in [1.165, 1.54) is 19.5 Å². The molecule has 0 bridgehead atoms. The Kier molecular flexibility index (Phi) is 3.88. The van der Waals surface area contributed by atoms with E-state index < -0.39 is 0 Å². The second-order valence-corrected chi connectivity index (χ2v) is 5.74. The van der Waals surface area contributed by atoms with Crippen molar-refractivity contribution in [3.05, 3.63) is 0 Å². The second kappa shape index (κ2) is 5.03. The molecule has 2 fully saturated rings. The van der Waals surface area contributed by atoms with Crippen molar-refractivity contribution in [1.29, 1.82) is 0 Å². The highest BCUT2D eigenvalue weighted by atomic mass is 16.5. The highest BCUT2D eigenvalue weighted by Crippen LogP contribution is 2.21. The summed E-state index contributed by atoms with van der Waals surface area (Å²) in [7, 11) is 0. The lowest BCUT2D eigenvalue weighted by atomic mass is 10.1. The maximum absolute atomic E-state index is 5.79. The average Bonchev–Trinajstić information content (AvgIpc) is 2.64. The molecule has 1 unspecified atom stereocenters. The smallest absolute Gasteiger partial charge is 0.0678 e. The summed E-state index contributed by atoms with van der Waals surface area (Å²) in [5, 5.41) is 0. The van der Waals surface area contributed by atoms with Crippen molar-refractivity contribution in [2.75, 3.05) is 26.2 Å². The Morgan fingerprint density at radius 2 is 1.69 bits per heavy atom. The Morgan fingerprint density at radius 1 is 1.06 bits per heavy atom. The summed E-state index contributed by atoms with van der Waals surface area (Å²) in [5.74, 6) is 0. The molecule has 0 radical (unpaired) electrons. The van der Waals surface area contributed by atoms with Crippen LogP contribution in [0, 0.1) is 0 Å². The van der Waals surface area contributed by atoms with Crippen LogP contribution in [0.4, 0.5) is 0 Å². The number of hydrogen-bond acceptors (Lipinski definition) is 3. The first kappa shape index (κ1) is 12.3. The second-order valence-electron chi connectivity index (χ2n) is 5.74. The molecule has 3 heteroatoms. The van der Waals surface area contributed by atoms with Gasteiger partial charge in [-0.15, -0.1) is 0 Å². The minimum Gasteiger partial charge on any atom is -0.373 e. The Labute approximate surface area is 99.7 Å². The molecule has 0 saturated carbocycles. The van der Waals surface area contributed by atoms with Crippen LogP contribution in [0.1, 0.15) is 34.1 Å². The van der Waals surface area contributed by atoms with Gasteiger partial charge >= 0.3 is 0 Å². The normalized spacial score (nSPS) is 38.4. The lowest BCUT2D eigenvalue weighted by Gasteiger charge is -2.39. The van der Waals surface area contributed by atoms with Crippen LogP contribution in [-0.2, 0) is 4.74 Å². The molecule has 2 aliphatic heterocycles. The molecular formula is C13H26N2O. The monoisotopic (exact) mass is 226 g/mol. The topological polar surface area (TPSA) is 15.7 Å². The Morgan fingerprint density at radius 3 is 2.19 bits per heavy atom. The van der Waals surface area contributed by atoms with Crippen LogP contribution in [-0.4, -0.2) is 60.3 Å². The highest BCUT2D eigenvalue weighted by Gasteiger charge is 2.32. The van der Waals surface area contributed by atoms with E-state index in [-0.39, 0.29) is 0 Å². The number of nitrogens with zero attached hydrogens (tertiary/aromatic N) is 2. The number of morpholine rings is 1. The third-order valence-electron chi connectivity index (χ3n) is 3.89. The van der Waals surface area contributed by atoms with Crippen molar-refractivity contribution in [3.63, 3.8) is 0 Å². The van der Waals surface area contributed by atoms with Gasteiger partial charge in [0.05, 0.1) is 12.2 Å². The first-order chi connectivity index (χ1) is 7.56. The first-order valence-corrected chi connectivity index (χ1v) is 6.70. The summed E-state index contributed by atoms with van der Waals surface area (Å²) in [6, 6.07) is 1.46. The van der Waals surface area contributed by atoms with Crippen molar-refractivity contribution >= 4 is 0 Å². The zero-order chi connectivity index (χ0) is 11.7. The zero-order valence-corrected chi connectivity index (χ0v) is 11.1. The van der Waals surface area contributed by atoms with Crippen molar-refractivity contribution in [1.82, 2.24) is 9.80 Å². The van der Waals surface area contributed by atoms with Gasteiger partial charge in [-0.05, 0) is 34.1 Å². The van der Waals surface area contributed by atoms with Crippen molar-refractivity contribution in [2.24, 2.45) is 0 Å². The molecule has 0 N–H and O–H groups in total. The summed E-state index contributed by atoms with van der Waals surface area (Å²) in [4.78, 5) is 5.23. The number of likely N-dealkylation sites (tertiary alicyclic amines) is 1. The minimum atomic E-state index is 0.400. The fraction of sp³-hybridized carbons (Fsp3) is 1.00. The maximum Gasteiger partial charge on any atom is 0.0678 e. The molecule has 2 rings (SSSR count). The van der Waals surface area contributed by atoms with Gasteiger partial charge in [-0.25, -0.2) is 0 Å². The largest absolute Gasteiger partial charge is 0.373 e. The fourth-order valence-corrected chi connectivity index (χ4v) is 3.05. The molecule has 3 atom stereocenters. The van der Waals surface area contributed by atoms with E-state index in [4.69, 9.17) is 4.74 Å². The summed E-state index contributed by atoms with van der Waals surface area (Å²) in [6.45, 7) is 13.7. The molecule has 2 aliphatic rings. The van der Waals surface area contributed by atoms with Gasteiger partial charge in [0.2, 0.25) is 0 Å². The summed E-state index contributed by atoms with van der Waals surface area (Å²) in [5.41, 5.74) is 0. The van der Waals surface area contributed by atoms with Gasteiger partial charge in [0.15, 0.2) is 0 Å². The first-order valence-electron chi connectivity index (χ1n) is 6.70. The molecule has 0 amide bonds. The molecule has 2 heterocycles. The molecule has 0 aromatic carbocycles. The third kappa shape index (κ3) is 2.76. The van der Waals surface area contributed by atoms with Crippen LogP contribution in [0.2, 0.25) is 0 Å². The van der Waals surface area contributed by atoms with Crippen LogP contribution in [0.5, 0.6) is 0 Å². The van der Waals surface area contributed by atoms with Crippen molar-refractivity contribution < 1.29 is 4.74 Å². The van der Waals surface area contributed by atoms with Crippen LogP contribution in [0.15, 0.2) is 0 Å².